The van der Waals surface area contributed by atoms with E-state index in [2.05, 4.69) is 28.6 Å². The molecule has 0 N–H and O–H groups in total. The van der Waals surface area contributed by atoms with E-state index < -0.39 is 5.54 Å². The van der Waals surface area contributed by atoms with Crippen LogP contribution in [-0.2, 0) is 11.3 Å². The Balaban J connectivity index is 1.52. The number of piperazine rings is 1. The van der Waals surface area contributed by atoms with Crippen LogP contribution in [0.1, 0.15) is 42.7 Å². The fraction of sp³-hybridized carbons (Fsp3) is 0.500. The van der Waals surface area contributed by atoms with Gasteiger partial charge in [-0.15, -0.1) is 0 Å². The molecule has 0 aliphatic carbocycles. The predicted octanol–water partition coefficient (Wildman–Crippen LogP) is 3.55. The van der Waals surface area contributed by atoms with Gasteiger partial charge in [-0.2, -0.15) is 0 Å². The molecule has 1 aromatic heterocycles. The first kappa shape index (κ1) is 21.1. The summed E-state index contributed by atoms with van der Waals surface area (Å²) in [4.78, 5) is 22.7. The lowest BCUT2D eigenvalue weighted by Crippen LogP contribution is -2.65. The Kier molecular flexibility index (Phi) is 6.00. The summed E-state index contributed by atoms with van der Waals surface area (Å²) in [6, 6.07) is 12.3. The largest absolute Gasteiger partial charge is 0.375 e. The van der Waals surface area contributed by atoms with Crippen LogP contribution < -0.4 is 0 Å². The average molecular weight is 412 g/mol. The number of carbonyl (C=O) groups excluding carboxylic acids is 1. The van der Waals surface area contributed by atoms with E-state index in [4.69, 9.17) is 4.74 Å². The number of ketones is 1. The molecule has 0 radical (unpaired) electrons. The topological polar surface area (TPSA) is 45.7 Å². The van der Waals surface area contributed by atoms with Gasteiger partial charge in [0.05, 0.1) is 11.1 Å². The first-order valence-corrected chi connectivity index (χ1v) is 10.7. The van der Waals surface area contributed by atoms with E-state index >= 15 is 0 Å². The van der Waals surface area contributed by atoms with Crippen LogP contribution >= 0.6 is 0 Å². The lowest BCUT2D eigenvalue weighted by Gasteiger charge is -2.52. The number of hydrogen-bond donors (Lipinski definition) is 0. The van der Waals surface area contributed by atoms with Crippen LogP contribution in [0.3, 0.4) is 0 Å². The molecular formula is C24H30FN3O2. The molecule has 0 spiro atoms. The lowest BCUT2D eigenvalue weighted by atomic mass is 9.75. The monoisotopic (exact) mass is 411 g/mol. The predicted molar refractivity (Wildman–Crippen MR) is 114 cm³/mol. The highest BCUT2D eigenvalue weighted by Gasteiger charge is 2.51. The SMILES string of the molecule is CC1(C)CC(C(=O)c2ccccn2)(N2CCN(Cc3cccc(F)c3)CC2)CCO1. The standard InChI is InChI=1S/C24H30FN3O2/c1-23(2)18-24(9-15-30-23,22(29)21-8-3-4-10-26-21)28-13-11-27(12-14-28)17-19-6-5-7-20(25)16-19/h3-8,10,16H,9,11-15,17-18H2,1-2H3. The molecule has 2 aliphatic heterocycles. The normalized spacial score (nSPS) is 25.2. The number of ether oxygens (including phenoxy) is 1. The Hall–Kier alpha value is -2.15. The minimum absolute atomic E-state index is 0.0954. The first-order valence-electron chi connectivity index (χ1n) is 10.7. The van der Waals surface area contributed by atoms with Crippen LogP contribution in [-0.4, -0.2) is 64.5 Å². The number of benzene rings is 1. The number of Topliss-reactive ketones (excluding diaryl/α,β-unsaturated/α-hetero) is 1. The zero-order valence-electron chi connectivity index (χ0n) is 17.8. The maximum absolute atomic E-state index is 13.7. The summed E-state index contributed by atoms with van der Waals surface area (Å²) in [5.41, 5.74) is 0.551. The molecule has 160 valence electrons. The maximum atomic E-state index is 13.7. The van der Waals surface area contributed by atoms with Crippen LogP contribution in [0.25, 0.3) is 0 Å². The number of rotatable bonds is 5. The quantitative estimate of drug-likeness (QED) is 0.704. The van der Waals surface area contributed by atoms with Crippen molar-refractivity contribution < 1.29 is 13.9 Å². The minimum atomic E-state index is -0.596. The van der Waals surface area contributed by atoms with Gasteiger partial charge in [0.25, 0.3) is 0 Å². The smallest absolute Gasteiger partial charge is 0.201 e. The van der Waals surface area contributed by atoms with Gasteiger partial charge in [-0.05, 0) is 50.1 Å². The third kappa shape index (κ3) is 4.46. The van der Waals surface area contributed by atoms with Crippen LogP contribution in [0.4, 0.5) is 4.39 Å². The number of nitrogens with zero attached hydrogens (tertiary/aromatic N) is 3. The van der Waals surface area contributed by atoms with Gasteiger partial charge in [0.1, 0.15) is 11.5 Å². The summed E-state index contributed by atoms with van der Waals surface area (Å²) in [5.74, 6) is -0.103. The summed E-state index contributed by atoms with van der Waals surface area (Å²) in [6.45, 7) is 8.69. The number of hydrogen-bond acceptors (Lipinski definition) is 5. The van der Waals surface area contributed by atoms with Crippen LogP contribution in [0.5, 0.6) is 0 Å². The van der Waals surface area contributed by atoms with Gasteiger partial charge in [0.2, 0.25) is 5.78 Å². The molecule has 0 bridgehead atoms. The molecular weight excluding hydrogens is 381 g/mol. The minimum Gasteiger partial charge on any atom is -0.375 e. The lowest BCUT2D eigenvalue weighted by molar-refractivity contribution is -0.113. The van der Waals surface area contributed by atoms with E-state index in [1.54, 1.807) is 18.3 Å². The summed E-state index contributed by atoms with van der Waals surface area (Å²) >= 11 is 0. The number of carbonyl (C=O) groups is 1. The van der Waals surface area contributed by atoms with Gasteiger partial charge in [0, 0.05) is 51.9 Å². The Morgan fingerprint density at radius 2 is 1.93 bits per heavy atom. The van der Waals surface area contributed by atoms with Crippen molar-refractivity contribution >= 4 is 5.78 Å². The summed E-state index contributed by atoms with van der Waals surface area (Å²) in [5, 5.41) is 0. The molecule has 30 heavy (non-hydrogen) atoms. The van der Waals surface area contributed by atoms with E-state index in [-0.39, 0.29) is 17.2 Å². The molecule has 1 atom stereocenters. The number of aromatic nitrogens is 1. The van der Waals surface area contributed by atoms with Crippen molar-refractivity contribution in [2.24, 2.45) is 0 Å². The second-order valence-corrected chi connectivity index (χ2v) is 9.00. The average Bonchev–Trinajstić information content (AvgIpc) is 2.73. The van der Waals surface area contributed by atoms with Crippen LogP contribution in [0, 0.1) is 5.82 Å². The Morgan fingerprint density at radius 3 is 2.60 bits per heavy atom. The van der Waals surface area contributed by atoms with Crippen LogP contribution in [0.15, 0.2) is 48.7 Å². The van der Waals surface area contributed by atoms with E-state index in [9.17, 15) is 9.18 Å². The maximum Gasteiger partial charge on any atom is 0.201 e. The Morgan fingerprint density at radius 1 is 1.13 bits per heavy atom. The van der Waals surface area contributed by atoms with Crippen molar-refractivity contribution in [1.29, 1.82) is 0 Å². The Labute approximate surface area is 177 Å². The fourth-order valence-corrected chi connectivity index (χ4v) is 4.91. The van der Waals surface area contributed by atoms with Crippen LogP contribution in [0.2, 0.25) is 0 Å². The molecule has 0 saturated carbocycles. The summed E-state index contributed by atoms with van der Waals surface area (Å²) in [7, 11) is 0. The number of pyridine rings is 1. The third-order valence-corrected chi connectivity index (χ3v) is 6.32. The zero-order valence-corrected chi connectivity index (χ0v) is 17.8. The van der Waals surface area contributed by atoms with E-state index in [1.165, 1.54) is 6.07 Å². The summed E-state index contributed by atoms with van der Waals surface area (Å²) in [6.07, 6.45) is 3.01. The number of halogens is 1. The molecule has 2 saturated heterocycles. The molecule has 1 unspecified atom stereocenters. The zero-order chi connectivity index (χ0) is 21.2. The van der Waals surface area contributed by atoms with Crippen molar-refractivity contribution in [3.05, 3.63) is 65.7 Å². The molecule has 0 amide bonds. The molecule has 5 nitrogen and oxygen atoms in total. The van der Waals surface area contributed by atoms with Gasteiger partial charge in [-0.3, -0.25) is 19.6 Å². The van der Waals surface area contributed by atoms with Crippen molar-refractivity contribution in [1.82, 2.24) is 14.8 Å². The molecule has 2 aliphatic rings. The van der Waals surface area contributed by atoms with Crippen molar-refractivity contribution in [3.63, 3.8) is 0 Å². The van der Waals surface area contributed by atoms with Crippen molar-refractivity contribution in [2.45, 2.75) is 44.4 Å². The highest BCUT2D eigenvalue weighted by Crippen LogP contribution is 2.39. The second kappa shape index (κ2) is 8.53. The molecule has 2 fully saturated rings. The van der Waals surface area contributed by atoms with Crippen molar-refractivity contribution in [2.75, 3.05) is 32.8 Å². The molecule has 3 heterocycles. The van der Waals surface area contributed by atoms with Gasteiger partial charge in [-0.1, -0.05) is 18.2 Å². The van der Waals surface area contributed by atoms with Crippen molar-refractivity contribution in [3.8, 4) is 0 Å². The van der Waals surface area contributed by atoms with Gasteiger partial charge >= 0.3 is 0 Å². The van der Waals surface area contributed by atoms with Gasteiger partial charge in [-0.25, -0.2) is 4.39 Å². The molecule has 1 aromatic carbocycles. The summed E-state index contributed by atoms with van der Waals surface area (Å²) < 4.78 is 19.5. The molecule has 4 rings (SSSR count). The fourth-order valence-electron chi connectivity index (χ4n) is 4.91. The van der Waals surface area contributed by atoms with Gasteiger partial charge < -0.3 is 4.74 Å². The second-order valence-electron chi connectivity index (χ2n) is 9.00. The molecule has 6 heteroatoms. The van der Waals surface area contributed by atoms with E-state index in [0.29, 0.717) is 25.1 Å². The highest BCUT2D eigenvalue weighted by molar-refractivity contribution is 6.02. The Bertz CT molecular complexity index is 881. The van der Waals surface area contributed by atoms with E-state index in [0.717, 1.165) is 38.3 Å². The first-order chi connectivity index (χ1) is 14.4. The molecule has 2 aromatic rings. The third-order valence-electron chi connectivity index (χ3n) is 6.32. The van der Waals surface area contributed by atoms with Gasteiger partial charge in [0.15, 0.2) is 0 Å². The van der Waals surface area contributed by atoms with E-state index in [1.807, 2.05) is 24.3 Å². The highest BCUT2D eigenvalue weighted by atomic mass is 19.1.